The van der Waals surface area contributed by atoms with E-state index in [9.17, 15) is 8.78 Å². The zero-order chi connectivity index (χ0) is 20.5. The number of para-hydroxylation sites is 2. The van der Waals surface area contributed by atoms with Gasteiger partial charge in [-0.2, -0.15) is 0 Å². The normalized spacial score (nSPS) is 11.3. The number of hydrogen-bond acceptors (Lipinski definition) is 1. The molecule has 0 amide bonds. The molecule has 1 aromatic heterocycles. The van der Waals surface area contributed by atoms with Crippen LogP contribution in [-0.4, -0.2) is 9.55 Å². The molecule has 5 heteroatoms. The van der Waals surface area contributed by atoms with Gasteiger partial charge >= 0.3 is 0 Å². The van der Waals surface area contributed by atoms with Crippen molar-refractivity contribution in [1.29, 1.82) is 0 Å². The number of halogens is 2. The average Bonchev–Trinajstić information content (AvgIpc) is 3.14. The van der Waals surface area contributed by atoms with E-state index in [0.29, 0.717) is 5.69 Å². The zero-order valence-electron chi connectivity index (χ0n) is 15.9. The Kier molecular flexibility index (Phi) is 4.86. The van der Waals surface area contributed by atoms with Crippen LogP contribution in [-0.2, 0) is 0 Å². The maximum atomic E-state index is 14.9. The summed E-state index contributed by atoms with van der Waals surface area (Å²) in [5.74, 6) is -1.22. The van der Waals surface area contributed by atoms with E-state index in [1.807, 2.05) is 65.2 Å². The molecule has 30 heavy (non-hydrogen) atoms. The van der Waals surface area contributed by atoms with Gasteiger partial charge in [0.1, 0.15) is 17.2 Å². The van der Waals surface area contributed by atoms with E-state index >= 15 is 0 Å². The molecule has 0 atom stereocenters. The molecule has 0 N–H and O–H groups in total. The predicted molar refractivity (Wildman–Crippen MR) is 120 cm³/mol. The van der Waals surface area contributed by atoms with Crippen LogP contribution in [0.4, 0.5) is 8.78 Å². The summed E-state index contributed by atoms with van der Waals surface area (Å²) in [5.41, 5.74) is 2.60. The van der Waals surface area contributed by atoms with Crippen LogP contribution >= 0.6 is 7.92 Å². The van der Waals surface area contributed by atoms with Crippen molar-refractivity contribution in [3.8, 4) is 5.69 Å². The monoisotopic (exact) mass is 414 g/mol. The molecule has 1 heterocycles. The molecule has 0 aliphatic carbocycles. The number of hydrogen-bond donors (Lipinski definition) is 0. The molecule has 0 bridgehead atoms. The Morgan fingerprint density at radius 1 is 0.667 bits per heavy atom. The van der Waals surface area contributed by atoms with Crippen LogP contribution in [0.1, 0.15) is 0 Å². The van der Waals surface area contributed by atoms with E-state index in [-0.39, 0.29) is 0 Å². The Morgan fingerprint density at radius 3 is 1.90 bits per heavy atom. The lowest BCUT2D eigenvalue weighted by molar-refractivity contribution is 0.579. The van der Waals surface area contributed by atoms with Gasteiger partial charge in [0.15, 0.2) is 0 Å². The number of benzene rings is 4. The summed E-state index contributed by atoms with van der Waals surface area (Å²) in [6.45, 7) is 0. The van der Waals surface area contributed by atoms with Crippen LogP contribution in [0.5, 0.6) is 0 Å². The highest BCUT2D eigenvalue weighted by atomic mass is 31.1. The van der Waals surface area contributed by atoms with Crippen molar-refractivity contribution in [1.82, 2.24) is 9.55 Å². The van der Waals surface area contributed by atoms with Crippen LogP contribution in [0.3, 0.4) is 0 Å². The fourth-order valence-electron chi connectivity index (χ4n) is 3.60. The number of nitrogens with zero attached hydrogens (tertiary/aromatic N) is 2. The van der Waals surface area contributed by atoms with Crippen molar-refractivity contribution in [3.05, 3.63) is 115 Å². The minimum atomic E-state index is -1.07. The van der Waals surface area contributed by atoms with Crippen LogP contribution in [0, 0.1) is 11.6 Å². The largest absolute Gasteiger partial charge is 0.289 e. The first-order valence-electron chi connectivity index (χ1n) is 9.55. The number of imidazole rings is 1. The molecule has 0 saturated carbocycles. The summed E-state index contributed by atoms with van der Waals surface area (Å²) in [6, 6.07) is 31.6. The number of fused-ring (bicyclic) bond motifs is 1. The molecule has 0 aliphatic rings. The third-order valence-electron chi connectivity index (χ3n) is 4.92. The topological polar surface area (TPSA) is 17.8 Å². The fourth-order valence-corrected chi connectivity index (χ4v) is 5.92. The maximum absolute atomic E-state index is 14.9. The maximum Gasteiger partial charge on any atom is 0.150 e. The van der Waals surface area contributed by atoms with Gasteiger partial charge in [0.05, 0.1) is 16.7 Å². The van der Waals surface area contributed by atoms with E-state index in [1.165, 1.54) is 12.1 Å². The first-order valence-corrected chi connectivity index (χ1v) is 10.9. The average molecular weight is 414 g/mol. The van der Waals surface area contributed by atoms with Gasteiger partial charge in [0.2, 0.25) is 0 Å². The Bertz CT molecular complexity index is 1280. The summed E-state index contributed by atoms with van der Waals surface area (Å²) >= 11 is 0. The van der Waals surface area contributed by atoms with Crippen molar-refractivity contribution in [2.75, 3.05) is 0 Å². The summed E-state index contributed by atoms with van der Waals surface area (Å²) in [6.07, 6.45) is 0. The van der Waals surface area contributed by atoms with Crippen molar-refractivity contribution in [2.45, 2.75) is 0 Å². The van der Waals surface area contributed by atoms with Crippen molar-refractivity contribution >= 4 is 35.1 Å². The highest BCUT2D eigenvalue weighted by Crippen LogP contribution is 2.35. The van der Waals surface area contributed by atoms with Crippen LogP contribution in [0.2, 0.25) is 0 Å². The Balaban J connectivity index is 1.84. The lowest BCUT2D eigenvalue weighted by Gasteiger charge is -2.20. The second-order valence-electron chi connectivity index (χ2n) is 6.84. The molecular weight excluding hydrogens is 397 g/mol. The first kappa shape index (κ1) is 18.7. The summed E-state index contributed by atoms with van der Waals surface area (Å²) in [7, 11) is -1.07. The molecule has 0 saturated heterocycles. The predicted octanol–water partition coefficient (Wildman–Crippen LogP) is 5.06. The smallest absolute Gasteiger partial charge is 0.150 e. The lowest BCUT2D eigenvalue weighted by Crippen LogP contribution is -2.27. The minimum absolute atomic E-state index is 0.291. The van der Waals surface area contributed by atoms with Gasteiger partial charge in [0.25, 0.3) is 0 Å². The van der Waals surface area contributed by atoms with E-state index in [0.717, 1.165) is 33.3 Å². The first-order chi connectivity index (χ1) is 14.7. The number of rotatable bonds is 4. The Labute approximate surface area is 174 Å². The standard InChI is InChI=1S/C25H17F2N2P/c26-18-15-16-23(21(27)17-18)29-24-14-8-7-13-22(24)28-25(29)30(19-9-3-1-4-10-19)20-11-5-2-6-12-20/h1-17H. The summed E-state index contributed by atoms with van der Waals surface area (Å²) in [4.78, 5) is 4.94. The van der Waals surface area contributed by atoms with Gasteiger partial charge in [0, 0.05) is 14.0 Å². The molecule has 0 radical (unpaired) electrons. The van der Waals surface area contributed by atoms with Crippen molar-refractivity contribution in [3.63, 3.8) is 0 Å². The molecule has 2 nitrogen and oxygen atoms in total. The Hall–Kier alpha value is -3.36. The molecule has 0 fully saturated rings. The second kappa shape index (κ2) is 7.81. The number of aromatic nitrogens is 2. The van der Waals surface area contributed by atoms with Gasteiger partial charge in [-0.15, -0.1) is 0 Å². The lowest BCUT2D eigenvalue weighted by atomic mass is 10.2. The molecule has 0 aliphatic heterocycles. The van der Waals surface area contributed by atoms with Crippen LogP contribution < -0.4 is 16.2 Å². The molecule has 146 valence electrons. The van der Waals surface area contributed by atoms with E-state index in [2.05, 4.69) is 24.3 Å². The molecular formula is C25H17F2N2P. The van der Waals surface area contributed by atoms with Gasteiger partial charge in [-0.25, -0.2) is 13.8 Å². The van der Waals surface area contributed by atoms with Gasteiger partial charge < -0.3 is 0 Å². The van der Waals surface area contributed by atoms with Gasteiger partial charge in [-0.1, -0.05) is 72.8 Å². The van der Waals surface area contributed by atoms with Crippen LogP contribution in [0.25, 0.3) is 16.7 Å². The van der Waals surface area contributed by atoms with Gasteiger partial charge in [-0.3, -0.25) is 4.57 Å². The van der Waals surface area contributed by atoms with Crippen molar-refractivity contribution < 1.29 is 8.78 Å². The fraction of sp³-hybridized carbons (Fsp3) is 0. The van der Waals surface area contributed by atoms with E-state index in [4.69, 9.17) is 4.98 Å². The third kappa shape index (κ3) is 3.30. The minimum Gasteiger partial charge on any atom is -0.289 e. The highest BCUT2D eigenvalue weighted by Gasteiger charge is 2.25. The summed E-state index contributed by atoms with van der Waals surface area (Å²) in [5, 5.41) is 2.22. The Morgan fingerprint density at radius 2 is 1.27 bits per heavy atom. The molecule has 0 spiro atoms. The molecule has 5 aromatic rings. The zero-order valence-corrected chi connectivity index (χ0v) is 16.8. The molecule has 0 unspecified atom stereocenters. The highest BCUT2D eigenvalue weighted by molar-refractivity contribution is 7.79. The molecule has 5 rings (SSSR count). The third-order valence-corrected chi connectivity index (χ3v) is 7.25. The summed E-state index contributed by atoms with van der Waals surface area (Å²) < 4.78 is 30.4. The van der Waals surface area contributed by atoms with E-state index < -0.39 is 19.6 Å². The second-order valence-corrected chi connectivity index (χ2v) is 8.94. The SMILES string of the molecule is Fc1ccc(-n2c(P(c3ccccc3)c3ccccc3)nc3ccccc32)c(F)c1. The van der Waals surface area contributed by atoms with Gasteiger partial charge in [-0.05, 0) is 34.9 Å². The van der Waals surface area contributed by atoms with Crippen molar-refractivity contribution in [2.24, 2.45) is 0 Å². The molecule has 4 aromatic carbocycles. The van der Waals surface area contributed by atoms with Crippen LogP contribution in [0.15, 0.2) is 103 Å². The quantitative estimate of drug-likeness (QED) is 0.376. The van der Waals surface area contributed by atoms with E-state index in [1.54, 1.807) is 0 Å².